The number of nitrogens with zero attached hydrogens (tertiary/aromatic N) is 4. The molecule has 84 valence electrons. The third-order valence-electron chi connectivity index (χ3n) is 1.88. The van der Waals surface area contributed by atoms with Gasteiger partial charge in [-0.05, 0) is 24.3 Å². The molecule has 0 atom stereocenters. The molecule has 0 aromatic heterocycles. The van der Waals surface area contributed by atoms with Gasteiger partial charge in [0, 0.05) is 10.9 Å². The van der Waals surface area contributed by atoms with Crippen LogP contribution in [-0.2, 0) is 0 Å². The molecule has 0 saturated heterocycles. The van der Waals surface area contributed by atoms with Crippen molar-refractivity contribution in [1.82, 2.24) is 0 Å². The third-order valence-corrected chi connectivity index (χ3v) is 2.41. The van der Waals surface area contributed by atoms with Crippen molar-refractivity contribution in [3.05, 3.63) is 41.0 Å². The van der Waals surface area contributed by atoms with Crippen LogP contribution in [0.2, 0.25) is 0 Å². The Labute approximate surface area is 108 Å². The first-order chi connectivity index (χ1) is 8.15. The Morgan fingerprint density at radius 2 is 1.88 bits per heavy atom. The van der Waals surface area contributed by atoms with Crippen molar-refractivity contribution in [1.29, 1.82) is 10.5 Å². The molecule has 0 fully saturated rings. The number of azo groups is 1. The summed E-state index contributed by atoms with van der Waals surface area (Å²) in [7, 11) is 0. The first-order valence-electron chi connectivity index (χ1n) is 4.80. The lowest BCUT2D eigenvalue weighted by molar-refractivity contribution is 0.803. The maximum absolute atomic E-state index is 8.60. The van der Waals surface area contributed by atoms with Crippen LogP contribution < -0.4 is 0 Å². The highest BCUT2D eigenvalue weighted by molar-refractivity contribution is 9.10. The second kappa shape index (κ2) is 6.57. The van der Waals surface area contributed by atoms with Crippen LogP contribution in [0.1, 0.15) is 6.42 Å². The van der Waals surface area contributed by atoms with Crippen molar-refractivity contribution in [2.24, 2.45) is 16.1 Å². The quantitative estimate of drug-likeness (QED) is 0.783. The van der Waals surface area contributed by atoms with Crippen LogP contribution in [0.4, 0.5) is 5.69 Å². The minimum absolute atomic E-state index is 0.215. The maximum Gasteiger partial charge on any atom is 0.138 e. The van der Waals surface area contributed by atoms with Gasteiger partial charge in [-0.2, -0.15) is 20.8 Å². The zero-order valence-electron chi connectivity index (χ0n) is 8.97. The number of allylic oxidation sites excluding steroid dienone is 1. The summed E-state index contributed by atoms with van der Waals surface area (Å²) in [5.74, 6) is -0.716. The Kier molecular flexibility index (Phi) is 5.06. The van der Waals surface area contributed by atoms with E-state index < -0.39 is 5.92 Å². The Hall–Kier alpha value is -1.98. The number of hydrogen-bond acceptors (Lipinski definition) is 4. The summed E-state index contributed by atoms with van der Waals surface area (Å²) in [5.41, 5.74) is 1.11. The monoisotopic (exact) mass is 288 g/mol. The van der Waals surface area contributed by atoms with Gasteiger partial charge in [-0.1, -0.05) is 22.5 Å². The Morgan fingerprint density at radius 1 is 1.29 bits per heavy atom. The fraction of sp³-hybridized carbons (Fsp3) is 0.167. The van der Waals surface area contributed by atoms with Gasteiger partial charge in [0.1, 0.15) is 5.92 Å². The summed E-state index contributed by atoms with van der Waals surface area (Å²) in [6.07, 6.45) is 0.215. The maximum atomic E-state index is 8.60. The normalized spacial score (nSPS) is 10.1. The third kappa shape index (κ3) is 4.58. The van der Waals surface area contributed by atoms with E-state index in [1.54, 1.807) is 12.1 Å². The van der Waals surface area contributed by atoms with Crippen LogP contribution in [-0.4, -0.2) is 0 Å². The molecule has 0 heterocycles. The highest BCUT2D eigenvalue weighted by Gasteiger charge is 2.06. The Bertz CT molecular complexity index is 491. The van der Waals surface area contributed by atoms with E-state index >= 15 is 0 Å². The molecule has 0 saturated carbocycles. The van der Waals surface area contributed by atoms with Gasteiger partial charge in [0.15, 0.2) is 0 Å². The van der Waals surface area contributed by atoms with Crippen molar-refractivity contribution >= 4 is 21.6 Å². The number of benzene rings is 1. The summed E-state index contributed by atoms with van der Waals surface area (Å²) in [6, 6.07) is 11.0. The zero-order valence-corrected chi connectivity index (χ0v) is 10.6. The van der Waals surface area contributed by atoms with E-state index in [1.807, 2.05) is 24.3 Å². The largest absolute Gasteiger partial charge is 0.197 e. The lowest BCUT2D eigenvalue weighted by Gasteiger charge is -1.97. The summed E-state index contributed by atoms with van der Waals surface area (Å²) < 4.78 is 0.962. The number of rotatable bonds is 4. The fourth-order valence-electron chi connectivity index (χ4n) is 1.03. The average Bonchev–Trinajstić information content (AvgIpc) is 2.35. The van der Waals surface area contributed by atoms with Crippen molar-refractivity contribution in [3.8, 4) is 12.1 Å². The van der Waals surface area contributed by atoms with Gasteiger partial charge in [-0.15, -0.1) is 0 Å². The summed E-state index contributed by atoms with van der Waals surface area (Å²) in [6.45, 7) is 3.65. The fourth-order valence-corrected chi connectivity index (χ4v) is 1.30. The first-order valence-corrected chi connectivity index (χ1v) is 5.59. The molecule has 0 amide bonds. The number of nitriles is 2. The van der Waals surface area contributed by atoms with Crippen molar-refractivity contribution in [2.45, 2.75) is 6.42 Å². The van der Waals surface area contributed by atoms with Crippen LogP contribution in [0.15, 0.2) is 51.2 Å². The molecule has 0 bridgehead atoms. The van der Waals surface area contributed by atoms with E-state index in [0.29, 0.717) is 11.4 Å². The SMILES string of the molecule is C=C(CC(C#N)C#N)N=Nc1ccc(Br)cc1. The van der Waals surface area contributed by atoms with Gasteiger partial charge in [0.05, 0.1) is 23.5 Å². The van der Waals surface area contributed by atoms with Gasteiger partial charge < -0.3 is 0 Å². The molecule has 0 aliphatic heterocycles. The number of hydrogen-bond donors (Lipinski definition) is 0. The molecule has 1 aromatic rings. The molecule has 1 rings (SSSR count). The van der Waals surface area contributed by atoms with Gasteiger partial charge in [0.25, 0.3) is 0 Å². The lowest BCUT2D eigenvalue weighted by atomic mass is 10.1. The van der Waals surface area contributed by atoms with Crippen LogP contribution in [0.5, 0.6) is 0 Å². The molecule has 0 spiro atoms. The van der Waals surface area contributed by atoms with Crippen LogP contribution >= 0.6 is 15.9 Å². The van der Waals surface area contributed by atoms with Gasteiger partial charge >= 0.3 is 0 Å². The molecule has 17 heavy (non-hydrogen) atoms. The topological polar surface area (TPSA) is 72.3 Å². The van der Waals surface area contributed by atoms with Gasteiger partial charge in [0.2, 0.25) is 0 Å². The molecular weight excluding hydrogens is 280 g/mol. The molecule has 0 aliphatic carbocycles. The van der Waals surface area contributed by atoms with E-state index in [2.05, 4.69) is 32.7 Å². The summed E-state index contributed by atoms with van der Waals surface area (Å²) in [5, 5.41) is 25.0. The molecule has 1 aromatic carbocycles. The predicted octanol–water partition coefficient (Wildman–Crippen LogP) is 4.10. The van der Waals surface area contributed by atoms with Crippen LogP contribution in [0.3, 0.4) is 0 Å². The van der Waals surface area contributed by atoms with Gasteiger partial charge in [-0.3, -0.25) is 0 Å². The van der Waals surface area contributed by atoms with E-state index in [4.69, 9.17) is 10.5 Å². The second-order valence-electron chi connectivity index (χ2n) is 3.26. The second-order valence-corrected chi connectivity index (χ2v) is 4.17. The highest BCUT2D eigenvalue weighted by atomic mass is 79.9. The highest BCUT2D eigenvalue weighted by Crippen LogP contribution is 2.19. The first kappa shape index (κ1) is 13.1. The Balaban J connectivity index is 2.60. The average molecular weight is 289 g/mol. The smallest absolute Gasteiger partial charge is 0.138 e. The number of halogens is 1. The van der Waals surface area contributed by atoms with Crippen LogP contribution in [0.25, 0.3) is 0 Å². The van der Waals surface area contributed by atoms with E-state index in [-0.39, 0.29) is 6.42 Å². The Morgan fingerprint density at radius 3 is 2.41 bits per heavy atom. The van der Waals surface area contributed by atoms with Crippen molar-refractivity contribution in [3.63, 3.8) is 0 Å². The van der Waals surface area contributed by atoms with Crippen molar-refractivity contribution < 1.29 is 0 Å². The lowest BCUT2D eigenvalue weighted by Crippen LogP contribution is -1.92. The standard InChI is InChI=1S/C12H9BrN4/c1-9(6-10(7-14)8-15)16-17-12-4-2-11(13)3-5-12/h2-5,10H,1,6H2. The van der Waals surface area contributed by atoms with Crippen LogP contribution in [0, 0.1) is 28.6 Å². The molecular formula is C12H9BrN4. The molecule has 0 N–H and O–H groups in total. The minimum Gasteiger partial charge on any atom is -0.197 e. The summed E-state index contributed by atoms with van der Waals surface area (Å²) in [4.78, 5) is 0. The minimum atomic E-state index is -0.716. The van der Waals surface area contributed by atoms with Gasteiger partial charge in [-0.25, -0.2) is 0 Å². The van der Waals surface area contributed by atoms with E-state index in [9.17, 15) is 0 Å². The molecule has 0 radical (unpaired) electrons. The van der Waals surface area contributed by atoms with E-state index in [1.165, 1.54) is 0 Å². The van der Waals surface area contributed by atoms with E-state index in [0.717, 1.165) is 4.47 Å². The summed E-state index contributed by atoms with van der Waals surface area (Å²) >= 11 is 3.31. The molecule has 0 aliphatic rings. The predicted molar refractivity (Wildman–Crippen MR) is 67.1 cm³/mol. The molecule has 4 nitrogen and oxygen atoms in total. The molecule has 5 heteroatoms. The van der Waals surface area contributed by atoms with Crippen molar-refractivity contribution in [2.75, 3.05) is 0 Å². The molecule has 0 unspecified atom stereocenters. The zero-order chi connectivity index (χ0) is 12.7.